The van der Waals surface area contributed by atoms with Crippen molar-refractivity contribution in [1.29, 1.82) is 0 Å². The Bertz CT molecular complexity index is 950. The first-order valence-corrected chi connectivity index (χ1v) is 10.4. The Morgan fingerprint density at radius 2 is 1.71 bits per heavy atom. The molecule has 0 heterocycles. The molecule has 0 radical (unpaired) electrons. The molecule has 0 spiro atoms. The molecule has 0 atom stereocenters. The lowest BCUT2D eigenvalue weighted by atomic mass is 10.1. The van der Waals surface area contributed by atoms with Gasteiger partial charge in [0.25, 0.3) is 0 Å². The molecule has 28 heavy (non-hydrogen) atoms. The summed E-state index contributed by atoms with van der Waals surface area (Å²) in [4.78, 5) is 4.09. The fraction of sp³-hybridized carbons (Fsp3) is 0.316. The van der Waals surface area contributed by atoms with Gasteiger partial charge >= 0.3 is 0 Å². The molecule has 0 saturated heterocycles. The SMILES string of the molecule is CN=C(NCc1ccc(F)c(C)c1)NCc1cc(F)ccc1CS(C)(=O)=O.I. The van der Waals surface area contributed by atoms with Crippen LogP contribution in [-0.2, 0) is 28.7 Å². The number of rotatable bonds is 6. The average molecular weight is 523 g/mol. The van der Waals surface area contributed by atoms with Crippen LogP contribution in [0.2, 0.25) is 0 Å². The molecule has 0 aliphatic heterocycles. The summed E-state index contributed by atoms with van der Waals surface area (Å²) in [7, 11) is -1.65. The van der Waals surface area contributed by atoms with E-state index in [4.69, 9.17) is 0 Å². The van der Waals surface area contributed by atoms with E-state index in [0.717, 1.165) is 11.8 Å². The van der Waals surface area contributed by atoms with E-state index in [9.17, 15) is 17.2 Å². The second kappa shape index (κ2) is 10.7. The van der Waals surface area contributed by atoms with Crippen molar-refractivity contribution in [1.82, 2.24) is 10.6 Å². The normalized spacial score (nSPS) is 11.7. The van der Waals surface area contributed by atoms with Gasteiger partial charge in [-0.25, -0.2) is 17.2 Å². The second-order valence-electron chi connectivity index (χ2n) is 6.35. The molecule has 5 nitrogen and oxygen atoms in total. The Morgan fingerprint density at radius 3 is 2.32 bits per heavy atom. The van der Waals surface area contributed by atoms with E-state index < -0.39 is 15.7 Å². The van der Waals surface area contributed by atoms with Gasteiger partial charge in [0.1, 0.15) is 11.6 Å². The van der Waals surface area contributed by atoms with Gasteiger partial charge in [0.2, 0.25) is 0 Å². The monoisotopic (exact) mass is 523 g/mol. The lowest BCUT2D eigenvalue weighted by molar-refractivity contribution is 0.599. The molecule has 2 aromatic carbocycles. The third kappa shape index (κ3) is 7.70. The van der Waals surface area contributed by atoms with Crippen LogP contribution in [0.5, 0.6) is 0 Å². The summed E-state index contributed by atoms with van der Waals surface area (Å²) < 4.78 is 50.0. The number of sulfone groups is 1. The minimum absolute atomic E-state index is 0. The maximum Gasteiger partial charge on any atom is 0.191 e. The molecule has 154 valence electrons. The van der Waals surface area contributed by atoms with E-state index in [1.165, 1.54) is 24.3 Å². The summed E-state index contributed by atoms with van der Waals surface area (Å²) in [5.41, 5.74) is 2.53. The predicted octanol–water partition coefficient (Wildman–Crippen LogP) is 3.30. The van der Waals surface area contributed by atoms with Crippen molar-refractivity contribution in [3.8, 4) is 0 Å². The minimum Gasteiger partial charge on any atom is -0.352 e. The van der Waals surface area contributed by atoms with Crippen molar-refractivity contribution in [3.63, 3.8) is 0 Å². The van der Waals surface area contributed by atoms with Gasteiger partial charge in [-0.2, -0.15) is 0 Å². The average Bonchev–Trinajstić information content (AvgIpc) is 2.59. The van der Waals surface area contributed by atoms with E-state index >= 15 is 0 Å². The largest absolute Gasteiger partial charge is 0.352 e. The molecule has 0 bridgehead atoms. The van der Waals surface area contributed by atoms with Gasteiger partial charge in [-0.1, -0.05) is 18.2 Å². The van der Waals surface area contributed by atoms with Crippen molar-refractivity contribution >= 4 is 39.8 Å². The first kappa shape index (κ1) is 24.3. The van der Waals surface area contributed by atoms with E-state index in [-0.39, 0.29) is 42.1 Å². The smallest absolute Gasteiger partial charge is 0.191 e. The van der Waals surface area contributed by atoms with Crippen LogP contribution >= 0.6 is 24.0 Å². The van der Waals surface area contributed by atoms with Crippen LogP contribution in [-0.4, -0.2) is 27.7 Å². The number of halogens is 3. The molecule has 0 amide bonds. The summed E-state index contributed by atoms with van der Waals surface area (Å²) in [5, 5.41) is 6.13. The number of aliphatic imine (C=N–C) groups is 1. The first-order chi connectivity index (χ1) is 12.7. The minimum atomic E-state index is -3.24. The molecule has 0 unspecified atom stereocenters. The van der Waals surface area contributed by atoms with Crippen LogP contribution in [0.1, 0.15) is 22.3 Å². The number of aryl methyl sites for hydroxylation is 1. The van der Waals surface area contributed by atoms with Crippen LogP contribution in [0.25, 0.3) is 0 Å². The fourth-order valence-electron chi connectivity index (χ4n) is 2.58. The lowest BCUT2D eigenvalue weighted by Crippen LogP contribution is -2.36. The quantitative estimate of drug-likeness (QED) is 0.347. The van der Waals surface area contributed by atoms with Crippen molar-refractivity contribution in [2.45, 2.75) is 25.8 Å². The number of benzene rings is 2. The Morgan fingerprint density at radius 1 is 1.04 bits per heavy atom. The number of nitrogens with zero attached hydrogens (tertiary/aromatic N) is 1. The van der Waals surface area contributed by atoms with Crippen LogP contribution in [0, 0.1) is 18.6 Å². The fourth-order valence-corrected chi connectivity index (χ4v) is 3.43. The predicted molar refractivity (Wildman–Crippen MR) is 119 cm³/mol. The topological polar surface area (TPSA) is 70.6 Å². The molecule has 0 aliphatic carbocycles. The maximum absolute atomic E-state index is 13.6. The van der Waals surface area contributed by atoms with Gasteiger partial charge in [-0.05, 0) is 47.4 Å². The molecular formula is C19H24F2IN3O2S. The number of hydrogen-bond donors (Lipinski definition) is 2. The Hall–Kier alpha value is -1.75. The van der Waals surface area contributed by atoms with Crippen molar-refractivity contribution < 1.29 is 17.2 Å². The standard InChI is InChI=1S/C19H23F2N3O2S.HI/c1-13-8-14(4-7-18(13)21)10-23-19(22-2)24-11-16-9-17(20)6-5-15(16)12-27(3,25)26;/h4-9H,10-12H2,1-3H3,(H2,22,23,24);1H. The van der Waals surface area contributed by atoms with Gasteiger partial charge < -0.3 is 10.6 Å². The highest BCUT2D eigenvalue weighted by atomic mass is 127. The van der Waals surface area contributed by atoms with E-state index in [0.29, 0.717) is 29.2 Å². The number of hydrogen-bond acceptors (Lipinski definition) is 3. The van der Waals surface area contributed by atoms with Crippen LogP contribution < -0.4 is 10.6 Å². The zero-order valence-corrected chi connectivity index (χ0v) is 19.1. The zero-order chi connectivity index (χ0) is 20.0. The van der Waals surface area contributed by atoms with Gasteiger partial charge in [-0.3, -0.25) is 4.99 Å². The molecule has 0 fully saturated rings. The summed E-state index contributed by atoms with van der Waals surface area (Å²) in [5.74, 6) is -0.392. The van der Waals surface area contributed by atoms with E-state index in [1.54, 1.807) is 26.1 Å². The summed E-state index contributed by atoms with van der Waals surface area (Å²) in [6.07, 6.45) is 1.14. The van der Waals surface area contributed by atoms with Crippen molar-refractivity contribution in [3.05, 3.63) is 70.3 Å². The molecule has 2 rings (SSSR count). The van der Waals surface area contributed by atoms with Crippen molar-refractivity contribution in [2.24, 2.45) is 4.99 Å². The van der Waals surface area contributed by atoms with Crippen LogP contribution in [0.4, 0.5) is 8.78 Å². The maximum atomic E-state index is 13.6. The van der Waals surface area contributed by atoms with Crippen LogP contribution in [0.15, 0.2) is 41.4 Å². The van der Waals surface area contributed by atoms with Crippen LogP contribution in [0.3, 0.4) is 0 Å². The third-order valence-electron chi connectivity index (χ3n) is 3.94. The van der Waals surface area contributed by atoms with Gasteiger partial charge in [-0.15, -0.1) is 24.0 Å². The molecule has 0 aliphatic rings. The van der Waals surface area contributed by atoms with E-state index in [1.807, 2.05) is 0 Å². The highest BCUT2D eigenvalue weighted by Crippen LogP contribution is 2.14. The molecule has 0 aromatic heterocycles. The molecule has 9 heteroatoms. The Kier molecular flexibility index (Phi) is 9.28. The Balaban J connectivity index is 0.00000392. The zero-order valence-electron chi connectivity index (χ0n) is 15.9. The molecular weight excluding hydrogens is 499 g/mol. The first-order valence-electron chi connectivity index (χ1n) is 8.32. The van der Waals surface area contributed by atoms with E-state index in [2.05, 4.69) is 15.6 Å². The molecule has 0 saturated carbocycles. The van der Waals surface area contributed by atoms with Gasteiger partial charge in [0, 0.05) is 26.4 Å². The highest BCUT2D eigenvalue weighted by molar-refractivity contribution is 14.0. The lowest BCUT2D eigenvalue weighted by Gasteiger charge is -2.14. The summed E-state index contributed by atoms with van der Waals surface area (Å²) >= 11 is 0. The van der Waals surface area contributed by atoms with Crippen molar-refractivity contribution in [2.75, 3.05) is 13.3 Å². The number of guanidine groups is 1. The van der Waals surface area contributed by atoms with Gasteiger partial charge in [0.05, 0.1) is 5.75 Å². The summed E-state index contributed by atoms with van der Waals surface area (Å²) in [6.45, 7) is 2.34. The number of nitrogens with one attached hydrogen (secondary N) is 2. The molecule has 2 N–H and O–H groups in total. The molecule has 2 aromatic rings. The summed E-state index contributed by atoms with van der Waals surface area (Å²) in [6, 6.07) is 8.86. The highest BCUT2D eigenvalue weighted by Gasteiger charge is 2.11. The Labute approximate surface area is 181 Å². The van der Waals surface area contributed by atoms with Gasteiger partial charge in [0.15, 0.2) is 15.8 Å². The third-order valence-corrected chi connectivity index (χ3v) is 4.77. The second-order valence-corrected chi connectivity index (χ2v) is 8.49.